The van der Waals surface area contributed by atoms with Crippen LogP contribution in [0.25, 0.3) is 6.08 Å². The molecule has 0 saturated carbocycles. The summed E-state index contributed by atoms with van der Waals surface area (Å²) >= 11 is 0. The molecule has 2 aromatic carbocycles. The second kappa shape index (κ2) is 16.1. The number of carboxylic acid groups (broad SMARTS) is 2. The molecule has 240 valence electrons. The largest absolute Gasteiger partial charge is 0.493 e. The van der Waals surface area contributed by atoms with Crippen molar-refractivity contribution in [3.05, 3.63) is 92.6 Å². The number of anilines is 2. The Labute approximate surface area is 260 Å². The van der Waals surface area contributed by atoms with Crippen molar-refractivity contribution in [2.45, 2.75) is 6.42 Å². The van der Waals surface area contributed by atoms with Crippen molar-refractivity contribution in [1.82, 2.24) is 14.0 Å². The minimum absolute atomic E-state index is 0.0939. The molecular formula is C32H39N5O8. The Balaban J connectivity index is 0.000000838. The number of ketones is 1. The van der Waals surface area contributed by atoms with Crippen molar-refractivity contribution in [2.24, 2.45) is 14.1 Å². The summed E-state index contributed by atoms with van der Waals surface area (Å²) in [6.07, 6.45) is 4.23. The van der Waals surface area contributed by atoms with Gasteiger partial charge in [-0.05, 0) is 42.3 Å². The van der Waals surface area contributed by atoms with E-state index >= 15 is 0 Å². The van der Waals surface area contributed by atoms with E-state index in [1.165, 1.54) is 17.7 Å². The number of para-hydroxylation sites is 1. The van der Waals surface area contributed by atoms with Crippen LogP contribution in [0.15, 0.2) is 70.3 Å². The van der Waals surface area contributed by atoms with Crippen LogP contribution in [0.5, 0.6) is 5.75 Å². The molecule has 1 aliphatic rings. The molecule has 3 aromatic rings. The van der Waals surface area contributed by atoms with Crippen molar-refractivity contribution in [3.8, 4) is 5.75 Å². The normalized spacial score (nSPS) is 13.2. The average Bonchev–Trinajstić information content (AvgIpc) is 3.03. The lowest BCUT2D eigenvalue weighted by Crippen LogP contribution is -2.49. The quantitative estimate of drug-likeness (QED) is 0.147. The van der Waals surface area contributed by atoms with Gasteiger partial charge < -0.3 is 24.7 Å². The molecule has 0 amide bonds. The molecule has 1 aromatic heterocycles. The summed E-state index contributed by atoms with van der Waals surface area (Å²) in [7, 11) is 7.17. The Bertz CT molecular complexity index is 1620. The van der Waals surface area contributed by atoms with Crippen molar-refractivity contribution >= 4 is 35.3 Å². The van der Waals surface area contributed by atoms with E-state index in [1.54, 1.807) is 19.2 Å². The molecule has 0 bridgehead atoms. The van der Waals surface area contributed by atoms with Crippen molar-refractivity contribution in [3.63, 3.8) is 0 Å². The molecule has 0 radical (unpaired) electrons. The van der Waals surface area contributed by atoms with Gasteiger partial charge in [0.1, 0.15) is 11.6 Å². The van der Waals surface area contributed by atoms with E-state index < -0.39 is 11.9 Å². The zero-order chi connectivity index (χ0) is 33.1. The van der Waals surface area contributed by atoms with Crippen LogP contribution in [0.4, 0.5) is 11.5 Å². The van der Waals surface area contributed by atoms with Gasteiger partial charge in [-0.15, -0.1) is 0 Å². The zero-order valence-corrected chi connectivity index (χ0v) is 25.9. The molecule has 0 spiro atoms. The van der Waals surface area contributed by atoms with Gasteiger partial charge in [0, 0.05) is 72.7 Å². The van der Waals surface area contributed by atoms with Crippen molar-refractivity contribution in [2.75, 3.05) is 63.2 Å². The molecule has 2 N–H and O–H groups in total. The number of rotatable bonds is 10. The van der Waals surface area contributed by atoms with Gasteiger partial charge in [-0.1, -0.05) is 30.3 Å². The van der Waals surface area contributed by atoms with E-state index in [9.17, 15) is 14.4 Å². The van der Waals surface area contributed by atoms with E-state index in [4.69, 9.17) is 24.5 Å². The Morgan fingerprint density at radius 1 is 0.889 bits per heavy atom. The summed E-state index contributed by atoms with van der Waals surface area (Å²) in [4.78, 5) is 61.9. The Morgan fingerprint density at radius 3 is 2.11 bits per heavy atom. The van der Waals surface area contributed by atoms with E-state index in [2.05, 4.69) is 9.80 Å². The maximum absolute atomic E-state index is 12.9. The third-order valence-electron chi connectivity index (χ3n) is 7.25. The Kier molecular flexibility index (Phi) is 12.2. The van der Waals surface area contributed by atoms with Gasteiger partial charge in [0.15, 0.2) is 5.78 Å². The van der Waals surface area contributed by atoms with Gasteiger partial charge >= 0.3 is 17.6 Å². The number of piperazine rings is 1. The van der Waals surface area contributed by atoms with E-state index in [1.807, 2.05) is 67.5 Å². The summed E-state index contributed by atoms with van der Waals surface area (Å²) in [5.74, 6) is -2.49. The molecule has 1 aliphatic heterocycles. The van der Waals surface area contributed by atoms with Crippen LogP contribution in [0.3, 0.4) is 0 Å². The highest BCUT2D eigenvalue weighted by Gasteiger charge is 2.20. The van der Waals surface area contributed by atoms with Crippen LogP contribution in [0.1, 0.15) is 22.3 Å². The lowest BCUT2D eigenvalue weighted by atomic mass is 10.1. The molecule has 13 heteroatoms. The second-order valence-corrected chi connectivity index (χ2v) is 10.6. The molecule has 1 saturated heterocycles. The van der Waals surface area contributed by atoms with Gasteiger partial charge in [0.05, 0.1) is 12.2 Å². The van der Waals surface area contributed by atoms with Crippen LogP contribution in [-0.4, -0.2) is 95.4 Å². The molecular weight excluding hydrogens is 582 g/mol. The monoisotopic (exact) mass is 621 g/mol. The van der Waals surface area contributed by atoms with Crippen LogP contribution >= 0.6 is 0 Å². The Morgan fingerprint density at radius 2 is 1.51 bits per heavy atom. The first-order chi connectivity index (χ1) is 21.4. The SMILES string of the molecule is CN(C)c1ccc(C=CC(=O)c2ccccc2OCCCN2CCN(c3cc(=O)n(C)c(=O)n3C)CC2)cc1.O=C(O)C(=O)O. The molecule has 1 fully saturated rings. The van der Waals surface area contributed by atoms with Crippen LogP contribution < -0.4 is 25.8 Å². The maximum Gasteiger partial charge on any atom is 0.414 e. The lowest BCUT2D eigenvalue weighted by molar-refractivity contribution is -0.159. The molecule has 4 rings (SSSR count). The van der Waals surface area contributed by atoms with E-state index in [-0.39, 0.29) is 17.0 Å². The number of aromatic nitrogens is 2. The summed E-state index contributed by atoms with van der Waals surface area (Å²) in [5, 5.41) is 14.8. The molecule has 0 aliphatic carbocycles. The number of hydrogen-bond acceptors (Lipinski definition) is 9. The third-order valence-corrected chi connectivity index (χ3v) is 7.25. The molecule has 0 atom stereocenters. The van der Waals surface area contributed by atoms with Crippen molar-refractivity contribution in [1.29, 1.82) is 0 Å². The zero-order valence-electron chi connectivity index (χ0n) is 25.9. The number of nitrogens with zero attached hydrogens (tertiary/aromatic N) is 5. The van der Waals surface area contributed by atoms with Gasteiger partial charge in [-0.2, -0.15) is 0 Å². The fraction of sp³-hybridized carbons (Fsp3) is 0.344. The number of hydrogen-bond donors (Lipinski definition) is 2. The highest BCUT2D eigenvalue weighted by Crippen LogP contribution is 2.20. The number of ether oxygens (including phenoxy) is 1. The number of benzene rings is 2. The first-order valence-electron chi connectivity index (χ1n) is 14.3. The minimum Gasteiger partial charge on any atom is -0.493 e. The maximum atomic E-state index is 12.9. The smallest absolute Gasteiger partial charge is 0.414 e. The van der Waals surface area contributed by atoms with Crippen molar-refractivity contribution < 1.29 is 29.3 Å². The molecule has 0 unspecified atom stereocenters. The average molecular weight is 622 g/mol. The van der Waals surface area contributed by atoms with E-state index in [0.29, 0.717) is 23.7 Å². The van der Waals surface area contributed by atoms with Crippen LogP contribution in [0, 0.1) is 0 Å². The summed E-state index contributed by atoms with van der Waals surface area (Å²) in [6.45, 7) is 4.51. The first kappa shape index (κ1) is 34.3. The number of aliphatic carboxylic acids is 2. The number of carbonyl (C=O) groups is 3. The summed E-state index contributed by atoms with van der Waals surface area (Å²) in [5.41, 5.74) is 2.01. The summed E-state index contributed by atoms with van der Waals surface area (Å²) in [6, 6.07) is 16.9. The molecule has 45 heavy (non-hydrogen) atoms. The number of carbonyl (C=O) groups excluding carboxylic acids is 1. The van der Waals surface area contributed by atoms with Crippen LogP contribution in [0.2, 0.25) is 0 Å². The van der Waals surface area contributed by atoms with Crippen LogP contribution in [-0.2, 0) is 23.7 Å². The fourth-order valence-electron chi connectivity index (χ4n) is 4.64. The first-order valence-corrected chi connectivity index (χ1v) is 14.3. The minimum atomic E-state index is -1.82. The lowest BCUT2D eigenvalue weighted by Gasteiger charge is -2.36. The summed E-state index contributed by atoms with van der Waals surface area (Å²) < 4.78 is 8.66. The highest BCUT2D eigenvalue weighted by atomic mass is 16.5. The highest BCUT2D eigenvalue weighted by molar-refractivity contribution is 6.27. The third kappa shape index (κ3) is 9.66. The standard InChI is InChI=1S/C30H37N5O4.C2H2O4/c1-31(2)24-13-10-23(11-14-24)12-15-26(36)25-8-5-6-9-27(25)39-21-7-16-34-17-19-35(20-18-34)28-22-29(37)33(4)30(38)32(28)3;3-1(4)2(5)6/h5-6,8-15,22H,7,16-21H2,1-4H3;(H,3,4)(H,5,6). The Hall–Kier alpha value is -5.17. The topological polar surface area (TPSA) is 155 Å². The van der Waals surface area contributed by atoms with E-state index in [0.717, 1.165) is 55.0 Å². The number of carboxylic acids is 2. The second-order valence-electron chi connectivity index (χ2n) is 10.6. The predicted molar refractivity (Wildman–Crippen MR) is 172 cm³/mol. The fourth-order valence-corrected chi connectivity index (χ4v) is 4.64. The van der Waals surface area contributed by atoms with Gasteiger partial charge in [0.25, 0.3) is 5.56 Å². The van der Waals surface area contributed by atoms with Gasteiger partial charge in [0.2, 0.25) is 0 Å². The number of allylic oxidation sites excluding steroid dienone is 1. The van der Waals surface area contributed by atoms with Gasteiger partial charge in [-0.25, -0.2) is 14.4 Å². The van der Waals surface area contributed by atoms with Gasteiger partial charge in [-0.3, -0.25) is 23.6 Å². The molecule has 13 nitrogen and oxygen atoms in total. The molecule has 2 heterocycles. The predicted octanol–water partition coefficient (Wildman–Crippen LogP) is 1.79.